The van der Waals surface area contributed by atoms with Crippen LogP contribution in [0, 0.1) is 0 Å². The van der Waals surface area contributed by atoms with E-state index in [0.717, 1.165) is 57.7 Å². The molecule has 136 valence electrons. The number of amides is 1. The van der Waals surface area contributed by atoms with E-state index >= 15 is 0 Å². The van der Waals surface area contributed by atoms with E-state index in [1.807, 2.05) is 17.0 Å². The summed E-state index contributed by atoms with van der Waals surface area (Å²) < 4.78 is 0. The van der Waals surface area contributed by atoms with Gasteiger partial charge < -0.3 is 14.9 Å². The number of hydrogen-bond acceptors (Lipinski definition) is 4. The minimum absolute atomic E-state index is 0.216. The van der Waals surface area contributed by atoms with E-state index in [9.17, 15) is 14.7 Å². The fourth-order valence-corrected chi connectivity index (χ4v) is 3.74. The lowest BCUT2D eigenvalue weighted by Crippen LogP contribution is -2.51. The molecule has 6 heteroatoms. The van der Waals surface area contributed by atoms with Gasteiger partial charge in [-0.2, -0.15) is 0 Å². The summed E-state index contributed by atoms with van der Waals surface area (Å²) in [5, 5.41) is 9.18. The normalized spacial score (nSPS) is 22.8. The molecule has 0 spiro atoms. The van der Waals surface area contributed by atoms with Gasteiger partial charge in [0.05, 0.1) is 12.1 Å². The predicted octanol–water partition coefficient (Wildman–Crippen LogP) is 1.34. The lowest BCUT2D eigenvalue weighted by atomic mass is 9.89. The molecule has 0 unspecified atom stereocenters. The number of aromatic carboxylic acids is 1. The molecule has 25 heavy (non-hydrogen) atoms. The number of rotatable bonds is 4. The number of nitrogens with zero attached hydrogens (tertiary/aromatic N) is 3. The fraction of sp³-hybridized carbons (Fsp3) is 0.579. The minimum atomic E-state index is -0.889. The van der Waals surface area contributed by atoms with Gasteiger partial charge >= 0.3 is 5.97 Å². The van der Waals surface area contributed by atoms with Crippen molar-refractivity contribution in [2.45, 2.75) is 18.8 Å². The highest BCUT2D eigenvalue weighted by molar-refractivity contribution is 5.87. The molecule has 1 atom stereocenters. The van der Waals surface area contributed by atoms with Crippen LogP contribution in [0.4, 0.5) is 0 Å². The van der Waals surface area contributed by atoms with Gasteiger partial charge in [0.25, 0.3) is 0 Å². The molecule has 0 saturated carbocycles. The molecule has 2 fully saturated rings. The average Bonchev–Trinajstić information content (AvgIpc) is 2.62. The standard InChI is InChI=1S/C19H27N3O3/c1-20-8-10-22(11-9-20)18(23)14-21-7-3-6-17(13-21)15-4-2-5-16(12-15)19(24)25/h2,4-5,12,17H,3,6-11,13-14H2,1H3,(H,24,25)/t17-/m1/s1. The molecule has 2 saturated heterocycles. The Labute approximate surface area is 149 Å². The number of carboxylic acid groups (broad SMARTS) is 1. The minimum Gasteiger partial charge on any atom is -0.478 e. The molecule has 1 N–H and O–H groups in total. The molecule has 0 aromatic heterocycles. The van der Waals surface area contributed by atoms with Crippen LogP contribution in [-0.2, 0) is 4.79 Å². The van der Waals surface area contributed by atoms with Crippen LogP contribution in [-0.4, -0.2) is 84.5 Å². The second-order valence-electron chi connectivity index (χ2n) is 7.19. The molecule has 0 aliphatic carbocycles. The van der Waals surface area contributed by atoms with Crippen LogP contribution in [0.3, 0.4) is 0 Å². The third kappa shape index (κ3) is 4.58. The zero-order chi connectivity index (χ0) is 17.8. The van der Waals surface area contributed by atoms with Crippen LogP contribution >= 0.6 is 0 Å². The Morgan fingerprint density at radius 1 is 1.16 bits per heavy atom. The number of hydrogen-bond donors (Lipinski definition) is 1. The number of likely N-dealkylation sites (N-methyl/N-ethyl adjacent to an activating group) is 1. The van der Waals surface area contributed by atoms with E-state index in [4.69, 9.17) is 0 Å². The van der Waals surface area contributed by atoms with Gasteiger partial charge in [-0.25, -0.2) is 4.79 Å². The first kappa shape index (κ1) is 17.9. The molecule has 1 aromatic carbocycles. The maximum atomic E-state index is 12.5. The van der Waals surface area contributed by atoms with Crippen LogP contribution in [0.15, 0.2) is 24.3 Å². The Morgan fingerprint density at radius 3 is 2.64 bits per heavy atom. The third-order valence-electron chi connectivity index (χ3n) is 5.33. The molecule has 6 nitrogen and oxygen atoms in total. The van der Waals surface area contributed by atoms with Gasteiger partial charge in [0.15, 0.2) is 0 Å². The number of piperidine rings is 1. The second-order valence-corrected chi connectivity index (χ2v) is 7.19. The first-order valence-corrected chi connectivity index (χ1v) is 9.05. The zero-order valence-electron chi connectivity index (χ0n) is 14.9. The maximum Gasteiger partial charge on any atom is 0.335 e. The number of benzene rings is 1. The van der Waals surface area contributed by atoms with Gasteiger partial charge in [0.2, 0.25) is 5.91 Å². The second kappa shape index (κ2) is 7.97. The van der Waals surface area contributed by atoms with E-state index in [1.165, 1.54) is 0 Å². The van der Waals surface area contributed by atoms with Crippen LogP contribution in [0.5, 0.6) is 0 Å². The molecular weight excluding hydrogens is 318 g/mol. The highest BCUT2D eigenvalue weighted by Gasteiger charge is 2.26. The lowest BCUT2D eigenvalue weighted by molar-refractivity contribution is -0.134. The SMILES string of the molecule is CN1CCN(C(=O)CN2CCC[C@@H](c3cccc(C(=O)O)c3)C2)CC1. The molecule has 2 aliphatic rings. The van der Waals surface area contributed by atoms with Crippen LogP contribution in [0.2, 0.25) is 0 Å². The van der Waals surface area contributed by atoms with Crippen LogP contribution < -0.4 is 0 Å². The van der Waals surface area contributed by atoms with Crippen molar-refractivity contribution < 1.29 is 14.7 Å². The summed E-state index contributed by atoms with van der Waals surface area (Å²) in [4.78, 5) is 30.2. The summed E-state index contributed by atoms with van der Waals surface area (Å²) in [6, 6.07) is 7.22. The Balaban J connectivity index is 1.58. The lowest BCUT2D eigenvalue weighted by Gasteiger charge is -2.36. The van der Waals surface area contributed by atoms with Gasteiger partial charge in [-0.3, -0.25) is 9.69 Å². The van der Waals surface area contributed by atoms with Gasteiger partial charge in [0.1, 0.15) is 0 Å². The number of carbonyl (C=O) groups is 2. The average molecular weight is 345 g/mol. The Hall–Kier alpha value is -1.92. The summed E-state index contributed by atoms with van der Waals surface area (Å²) >= 11 is 0. The van der Waals surface area contributed by atoms with Crippen LogP contribution in [0.25, 0.3) is 0 Å². The summed E-state index contributed by atoms with van der Waals surface area (Å²) in [5.41, 5.74) is 1.40. The Kier molecular flexibility index (Phi) is 5.71. The van der Waals surface area contributed by atoms with Gasteiger partial charge in [-0.05, 0) is 50.0 Å². The van der Waals surface area contributed by atoms with Crippen molar-refractivity contribution in [1.82, 2.24) is 14.7 Å². The molecule has 2 aliphatic heterocycles. The fourth-order valence-electron chi connectivity index (χ4n) is 3.74. The van der Waals surface area contributed by atoms with Crippen molar-refractivity contribution in [3.63, 3.8) is 0 Å². The van der Waals surface area contributed by atoms with Crippen molar-refractivity contribution in [2.24, 2.45) is 0 Å². The summed E-state index contributed by atoms with van der Waals surface area (Å²) in [6.07, 6.45) is 2.08. The quantitative estimate of drug-likeness (QED) is 0.892. The Bertz CT molecular complexity index is 626. The third-order valence-corrected chi connectivity index (χ3v) is 5.33. The molecular formula is C19H27N3O3. The largest absolute Gasteiger partial charge is 0.478 e. The van der Waals surface area contributed by atoms with Crippen molar-refractivity contribution in [3.8, 4) is 0 Å². The predicted molar refractivity (Wildman–Crippen MR) is 95.9 cm³/mol. The van der Waals surface area contributed by atoms with Crippen molar-refractivity contribution in [3.05, 3.63) is 35.4 Å². The van der Waals surface area contributed by atoms with E-state index in [-0.39, 0.29) is 5.91 Å². The van der Waals surface area contributed by atoms with E-state index in [0.29, 0.717) is 18.0 Å². The maximum absolute atomic E-state index is 12.5. The smallest absolute Gasteiger partial charge is 0.335 e. The van der Waals surface area contributed by atoms with Gasteiger partial charge in [0, 0.05) is 32.7 Å². The Morgan fingerprint density at radius 2 is 1.92 bits per heavy atom. The summed E-state index contributed by atoms with van der Waals surface area (Å²) in [6.45, 7) is 5.74. The monoisotopic (exact) mass is 345 g/mol. The van der Waals surface area contributed by atoms with Gasteiger partial charge in [-0.15, -0.1) is 0 Å². The number of piperazine rings is 1. The van der Waals surface area contributed by atoms with Crippen molar-refractivity contribution in [2.75, 3.05) is 52.9 Å². The first-order chi connectivity index (χ1) is 12.0. The van der Waals surface area contributed by atoms with Crippen LogP contribution in [0.1, 0.15) is 34.7 Å². The number of likely N-dealkylation sites (tertiary alicyclic amines) is 1. The highest BCUT2D eigenvalue weighted by atomic mass is 16.4. The van der Waals surface area contributed by atoms with E-state index < -0.39 is 5.97 Å². The van der Waals surface area contributed by atoms with E-state index in [2.05, 4.69) is 16.8 Å². The number of carboxylic acids is 1. The number of carbonyl (C=O) groups excluding carboxylic acids is 1. The zero-order valence-corrected chi connectivity index (χ0v) is 14.9. The van der Waals surface area contributed by atoms with Crippen molar-refractivity contribution >= 4 is 11.9 Å². The molecule has 1 amide bonds. The van der Waals surface area contributed by atoms with Gasteiger partial charge in [-0.1, -0.05) is 12.1 Å². The molecule has 3 rings (SSSR count). The van der Waals surface area contributed by atoms with Crippen molar-refractivity contribution in [1.29, 1.82) is 0 Å². The van der Waals surface area contributed by atoms with E-state index in [1.54, 1.807) is 12.1 Å². The summed E-state index contributed by atoms with van der Waals surface area (Å²) in [7, 11) is 2.09. The molecule has 0 bridgehead atoms. The summed E-state index contributed by atoms with van der Waals surface area (Å²) in [5.74, 6) is -0.374. The first-order valence-electron chi connectivity index (χ1n) is 9.05. The molecule has 1 aromatic rings. The highest BCUT2D eigenvalue weighted by Crippen LogP contribution is 2.27. The molecule has 0 radical (unpaired) electrons. The topological polar surface area (TPSA) is 64.1 Å². The molecule has 2 heterocycles.